The van der Waals surface area contributed by atoms with E-state index in [1.165, 1.54) is 61.8 Å². The summed E-state index contributed by atoms with van der Waals surface area (Å²) in [4.78, 5) is 0. The Bertz CT molecular complexity index is 968. The number of rotatable bonds is 10. The molecule has 2 aliphatic carbocycles. The van der Waals surface area contributed by atoms with Crippen molar-refractivity contribution in [1.82, 2.24) is 0 Å². The van der Waals surface area contributed by atoms with Gasteiger partial charge in [-0.15, -0.1) is 0 Å². The summed E-state index contributed by atoms with van der Waals surface area (Å²) in [5, 5.41) is 0. The van der Waals surface area contributed by atoms with Gasteiger partial charge in [0.1, 0.15) is 0 Å². The fourth-order valence-electron chi connectivity index (χ4n) is 6.09. The predicted octanol–water partition coefficient (Wildman–Crippen LogP) is 9.35. The predicted molar refractivity (Wildman–Crippen MR) is 143 cm³/mol. The van der Waals surface area contributed by atoms with Crippen molar-refractivity contribution in [2.45, 2.75) is 89.9 Å². The van der Waals surface area contributed by atoms with E-state index in [1.807, 2.05) is 0 Å². The minimum atomic E-state index is -0.973. The van der Waals surface area contributed by atoms with Gasteiger partial charge in [0.2, 0.25) is 11.6 Å². The summed E-state index contributed by atoms with van der Waals surface area (Å²) in [5.41, 5.74) is 2.95. The van der Waals surface area contributed by atoms with E-state index in [-0.39, 0.29) is 11.5 Å². The van der Waals surface area contributed by atoms with E-state index < -0.39 is 11.6 Å². The topological polar surface area (TPSA) is 18.5 Å². The molecule has 2 saturated carbocycles. The van der Waals surface area contributed by atoms with Crippen LogP contribution in [0.5, 0.6) is 11.5 Å². The van der Waals surface area contributed by atoms with Crippen LogP contribution in [0.1, 0.15) is 101 Å². The minimum absolute atomic E-state index is 0.0273. The van der Waals surface area contributed by atoms with Crippen LogP contribution in [0.25, 0.3) is 0 Å². The number of halogens is 2. The van der Waals surface area contributed by atoms with E-state index in [9.17, 15) is 8.78 Å². The number of hydrogen-bond acceptors (Lipinski definition) is 2. The van der Waals surface area contributed by atoms with Crippen molar-refractivity contribution in [2.75, 3.05) is 13.2 Å². The molecule has 2 aromatic carbocycles. The van der Waals surface area contributed by atoms with E-state index in [0.717, 1.165) is 37.5 Å². The molecule has 4 rings (SSSR count). The highest BCUT2D eigenvalue weighted by atomic mass is 19.2. The Labute approximate surface area is 216 Å². The second kappa shape index (κ2) is 13.3. The first kappa shape index (κ1) is 26.7. The van der Waals surface area contributed by atoms with Crippen LogP contribution in [0.4, 0.5) is 8.78 Å². The lowest BCUT2D eigenvalue weighted by atomic mass is 9.76. The van der Waals surface area contributed by atoms with Crippen LogP contribution in [0.3, 0.4) is 0 Å². The molecular formula is C32H42F2O2. The van der Waals surface area contributed by atoms with Gasteiger partial charge in [-0.25, -0.2) is 0 Å². The third-order valence-corrected chi connectivity index (χ3v) is 8.34. The molecule has 0 N–H and O–H groups in total. The lowest BCUT2D eigenvalue weighted by Gasteiger charge is -2.30. The third kappa shape index (κ3) is 6.89. The van der Waals surface area contributed by atoms with Crippen LogP contribution in [-0.4, -0.2) is 13.2 Å². The summed E-state index contributed by atoms with van der Waals surface area (Å²) >= 11 is 0. The van der Waals surface area contributed by atoms with Crippen molar-refractivity contribution in [3.8, 4) is 11.5 Å². The van der Waals surface area contributed by atoms with Gasteiger partial charge in [0.05, 0.1) is 13.2 Å². The molecule has 0 unspecified atom stereocenters. The first-order valence-electron chi connectivity index (χ1n) is 14.0. The number of allylic oxidation sites excluding steroid dienone is 2. The molecule has 0 amide bonds. The van der Waals surface area contributed by atoms with Gasteiger partial charge < -0.3 is 9.47 Å². The standard InChI is InChI=1S/C32H42F2O2/c1-3-5-6-7-23-8-12-25(13-9-23)27-16-18-28(19-17-27)26-14-10-24(11-15-26)22-36-30-21-20-29(35-4-2)31(33)32(30)34/h3,5,16-21,23-26H,4,6-15,22H2,1-2H3/b5-3+. The summed E-state index contributed by atoms with van der Waals surface area (Å²) in [6, 6.07) is 12.4. The van der Waals surface area contributed by atoms with Crippen LogP contribution in [0.15, 0.2) is 48.6 Å². The summed E-state index contributed by atoms with van der Waals surface area (Å²) < 4.78 is 39.2. The molecule has 0 bridgehead atoms. The summed E-state index contributed by atoms with van der Waals surface area (Å²) in [7, 11) is 0. The van der Waals surface area contributed by atoms with Crippen LogP contribution in [-0.2, 0) is 0 Å². The Kier molecular flexibility index (Phi) is 9.83. The smallest absolute Gasteiger partial charge is 0.204 e. The van der Waals surface area contributed by atoms with Gasteiger partial charge in [0.15, 0.2) is 11.5 Å². The highest BCUT2D eigenvalue weighted by Gasteiger charge is 2.25. The van der Waals surface area contributed by atoms with Crippen molar-refractivity contribution >= 4 is 0 Å². The van der Waals surface area contributed by atoms with Gasteiger partial charge in [0, 0.05) is 0 Å². The molecule has 0 heterocycles. The molecule has 0 saturated heterocycles. The molecule has 0 spiro atoms. The van der Waals surface area contributed by atoms with E-state index in [4.69, 9.17) is 9.47 Å². The largest absolute Gasteiger partial charge is 0.491 e. The third-order valence-electron chi connectivity index (χ3n) is 8.34. The molecule has 0 aromatic heterocycles. The van der Waals surface area contributed by atoms with Gasteiger partial charge in [-0.2, -0.15) is 8.78 Å². The van der Waals surface area contributed by atoms with Gasteiger partial charge in [-0.05, 0) is 125 Å². The second-order valence-electron chi connectivity index (χ2n) is 10.7. The molecular weight excluding hydrogens is 454 g/mol. The Morgan fingerprint density at radius 3 is 1.72 bits per heavy atom. The SMILES string of the molecule is C/C=C/CCC1CCC(c2ccc(C3CCC(COc4ccc(OCC)c(F)c4F)CC3)cc2)CC1. The van der Waals surface area contributed by atoms with Crippen molar-refractivity contribution in [2.24, 2.45) is 11.8 Å². The molecule has 196 valence electrons. The van der Waals surface area contributed by atoms with Gasteiger partial charge >= 0.3 is 0 Å². The van der Waals surface area contributed by atoms with Gasteiger partial charge in [0.25, 0.3) is 0 Å². The first-order valence-corrected chi connectivity index (χ1v) is 14.0. The highest BCUT2D eigenvalue weighted by Crippen LogP contribution is 2.40. The van der Waals surface area contributed by atoms with Crippen molar-refractivity contribution in [1.29, 1.82) is 0 Å². The van der Waals surface area contributed by atoms with Crippen molar-refractivity contribution in [3.05, 3.63) is 71.3 Å². The minimum Gasteiger partial charge on any atom is -0.491 e. The molecule has 2 nitrogen and oxygen atoms in total. The quantitative estimate of drug-likeness (QED) is 0.305. The molecule has 2 aromatic rings. The van der Waals surface area contributed by atoms with E-state index in [1.54, 1.807) is 6.92 Å². The van der Waals surface area contributed by atoms with Crippen LogP contribution >= 0.6 is 0 Å². The van der Waals surface area contributed by atoms with E-state index >= 15 is 0 Å². The maximum atomic E-state index is 14.3. The Morgan fingerprint density at radius 1 is 0.722 bits per heavy atom. The van der Waals surface area contributed by atoms with Gasteiger partial charge in [-0.1, -0.05) is 36.4 Å². The fourth-order valence-corrected chi connectivity index (χ4v) is 6.09. The van der Waals surface area contributed by atoms with Crippen LogP contribution in [0.2, 0.25) is 0 Å². The summed E-state index contributed by atoms with van der Waals surface area (Å²) in [6.07, 6.45) is 16.7. The monoisotopic (exact) mass is 496 g/mol. The normalized spacial score (nSPS) is 24.7. The zero-order valence-corrected chi connectivity index (χ0v) is 22.0. The Balaban J connectivity index is 1.21. The Hall–Kier alpha value is -2.36. The lowest BCUT2D eigenvalue weighted by molar-refractivity contribution is 0.191. The average Bonchev–Trinajstić information content (AvgIpc) is 2.92. The van der Waals surface area contributed by atoms with Crippen LogP contribution in [0, 0.1) is 23.5 Å². The Morgan fingerprint density at radius 2 is 1.22 bits per heavy atom. The zero-order valence-electron chi connectivity index (χ0n) is 22.0. The average molecular weight is 497 g/mol. The van der Waals surface area contributed by atoms with Gasteiger partial charge in [-0.3, -0.25) is 0 Å². The maximum absolute atomic E-state index is 14.3. The first-order chi connectivity index (χ1) is 17.6. The van der Waals surface area contributed by atoms with Crippen molar-refractivity contribution in [3.63, 3.8) is 0 Å². The van der Waals surface area contributed by atoms with E-state index in [0.29, 0.717) is 25.0 Å². The number of hydrogen-bond donors (Lipinski definition) is 0. The van der Waals surface area contributed by atoms with Crippen molar-refractivity contribution < 1.29 is 18.3 Å². The molecule has 4 heteroatoms. The molecule has 2 fully saturated rings. The summed E-state index contributed by atoms with van der Waals surface area (Å²) in [5.74, 6) is 0.548. The highest BCUT2D eigenvalue weighted by molar-refractivity contribution is 5.35. The maximum Gasteiger partial charge on any atom is 0.204 e. The van der Waals surface area contributed by atoms with E-state index in [2.05, 4.69) is 43.3 Å². The molecule has 2 aliphatic rings. The summed E-state index contributed by atoms with van der Waals surface area (Å²) in [6.45, 7) is 4.57. The molecule has 0 aliphatic heterocycles. The molecule has 36 heavy (non-hydrogen) atoms. The molecule has 0 radical (unpaired) electrons. The second-order valence-corrected chi connectivity index (χ2v) is 10.7. The lowest BCUT2D eigenvalue weighted by Crippen LogP contribution is -2.20. The molecule has 0 atom stereocenters. The zero-order chi connectivity index (χ0) is 25.3. The number of ether oxygens (including phenoxy) is 2. The number of benzene rings is 2. The fraction of sp³-hybridized carbons (Fsp3) is 0.562. The van der Waals surface area contributed by atoms with Crippen LogP contribution < -0.4 is 9.47 Å².